The van der Waals surface area contributed by atoms with E-state index in [1.165, 1.54) is 48.5 Å². The van der Waals surface area contributed by atoms with E-state index >= 15 is 0 Å². The summed E-state index contributed by atoms with van der Waals surface area (Å²) in [5.41, 5.74) is 27.9. The average molecular weight is 2050 g/mol. The number of primary amides is 2. The minimum Gasteiger partial charge on any atom is -0.481 e. The Morgan fingerprint density at radius 1 is 0.359 bits per heavy atom. The molecule has 142 heavy (non-hydrogen) atoms. The van der Waals surface area contributed by atoms with Crippen LogP contribution in [0.4, 0.5) is 0 Å². The van der Waals surface area contributed by atoms with Crippen molar-refractivity contribution in [2.45, 2.75) is 306 Å². The molecule has 1 saturated heterocycles. The number of hydrogen-bond acceptors (Lipinski definition) is 33. The van der Waals surface area contributed by atoms with Crippen molar-refractivity contribution in [1.82, 2.24) is 106 Å². The van der Waals surface area contributed by atoms with E-state index < -0.39 is 352 Å². The third kappa shape index (κ3) is 46.0. The number of carbonyl (C=O) groups is 25. The van der Waals surface area contributed by atoms with Gasteiger partial charge in [0.25, 0.3) is 0 Å². The van der Waals surface area contributed by atoms with Gasteiger partial charge in [0, 0.05) is 25.1 Å². The first-order chi connectivity index (χ1) is 66.3. The van der Waals surface area contributed by atoms with Crippen molar-refractivity contribution in [2.75, 3.05) is 51.7 Å². The van der Waals surface area contributed by atoms with Crippen molar-refractivity contribution < 1.29 is 156 Å². The molecule has 0 aromatic heterocycles. The zero-order chi connectivity index (χ0) is 109. The van der Waals surface area contributed by atoms with Gasteiger partial charge in [-0.05, 0) is 143 Å². The average Bonchev–Trinajstić information content (AvgIpc) is 1.70. The lowest BCUT2D eigenvalue weighted by molar-refractivity contribution is -0.144. The molecule has 21 atom stereocenters. The van der Waals surface area contributed by atoms with Gasteiger partial charge >= 0.3 is 17.9 Å². The summed E-state index contributed by atoms with van der Waals surface area (Å²) < 4.78 is 0. The Labute approximate surface area is 823 Å². The summed E-state index contributed by atoms with van der Waals surface area (Å²) >= 11 is 3.94. The van der Waals surface area contributed by atoms with Gasteiger partial charge in [-0.3, -0.25) is 115 Å². The van der Waals surface area contributed by atoms with Gasteiger partial charge in [-0.1, -0.05) is 41.5 Å². The summed E-state index contributed by atoms with van der Waals surface area (Å²) in [4.78, 5) is 332. The van der Waals surface area contributed by atoms with Crippen LogP contribution in [-0.2, 0) is 120 Å². The van der Waals surface area contributed by atoms with Crippen LogP contribution in [-0.4, -0.2) is 367 Å². The first kappa shape index (κ1) is 127. The maximum absolute atomic E-state index is 14.1. The Bertz CT molecular complexity index is 4400. The van der Waals surface area contributed by atoms with Gasteiger partial charge in [0.2, 0.25) is 130 Å². The lowest BCUT2D eigenvalue weighted by atomic mass is 10.0. The topological polar surface area (TPSA) is 930 Å². The van der Waals surface area contributed by atoms with Crippen molar-refractivity contribution in [3.8, 4) is 0 Å². The number of nitrogens with zero attached hydrogens (tertiary/aromatic N) is 1. The number of aliphatic carboxylic acids is 3. The fraction of sp³-hybridized carbons (Fsp3) is 0.702. The van der Waals surface area contributed by atoms with Crippen LogP contribution < -0.4 is 130 Å². The Hall–Kier alpha value is -13.2. The van der Waals surface area contributed by atoms with Crippen LogP contribution in [0.2, 0.25) is 0 Å². The minimum absolute atomic E-state index is 0.00143. The standard InChI is InChI=1S/C84H143N25O32S/c1-36(2)28-52(84(140)141)102-74(130)51(30-61(120)121)100-68(124)41(9)94-76(132)54(34-111)104-80(136)63(38(5)6)107-75(131)50(29-57(89)115)101-81(137)64(43(11)112)105-59(117)32-91-70(126)46(18-13-15-25-85)97-78(134)55-20-17-27-109(55)83(139)42(10)95-77(133)53(33-110)103-72(128)48(21-23-56(88)114)96-58(116)31-90-66(122)39(7)92-67(123)40(8)93-71(127)47(19-14-16-26-86)98-79(135)62(37(3)4)106-73(129)49(22-24-60(118)119)99-82(138)65(44(12)113)108-69(125)45(87)35-142/h36-55,62-65,110-113,142H,13-35,85-87H2,1-12H3,(H2,88,114)(H2,89,115)(H,90,122)(H,91,126)(H,92,123)(H,93,127)(H,94,132)(H,95,133)(H,96,116)(H,97,134)(H,98,135)(H,99,138)(H,100,124)(H,101,137)(H,102,130)(H,103,128)(H,104,136)(H,105,117)(H,106,129)(H,107,131)(H,108,125)(H,118,119)(H,120,121)(H,140,141)/t39-,40-,41-,42-,43+,44+,45-,46-,47-,48-,49-,50-,51-,52-,53-,54-,55-,62-,63-,64-,65-/m0/s1. The summed E-state index contributed by atoms with van der Waals surface area (Å²) in [5.74, 6) is -30.4. The minimum atomic E-state index is -1.98. The second-order valence-electron chi connectivity index (χ2n) is 35.0. The molecule has 0 bridgehead atoms. The first-order valence-corrected chi connectivity index (χ1v) is 46.5. The Morgan fingerprint density at radius 2 is 0.718 bits per heavy atom. The first-order valence-electron chi connectivity index (χ1n) is 45.9. The van der Waals surface area contributed by atoms with E-state index in [0.29, 0.717) is 12.8 Å². The summed E-state index contributed by atoms with van der Waals surface area (Å²) in [6.45, 7) is 12.0. The zero-order valence-electron chi connectivity index (χ0n) is 81.2. The van der Waals surface area contributed by atoms with E-state index in [4.69, 9.17) is 28.7 Å². The van der Waals surface area contributed by atoms with E-state index in [0.717, 1.165) is 25.7 Å². The number of nitrogens with two attached hydrogens (primary N) is 5. The molecule has 1 aliphatic rings. The number of carboxylic acid groups (broad SMARTS) is 3. The van der Waals surface area contributed by atoms with Gasteiger partial charge in [-0.25, -0.2) is 4.79 Å². The number of carbonyl (C=O) groups excluding carboxylic acids is 22. The van der Waals surface area contributed by atoms with E-state index in [1.54, 1.807) is 13.8 Å². The SMILES string of the molecule is CC(C)C[C@H](NC(=O)[C@H](CC(=O)O)NC(=O)[C@H](C)NC(=O)[C@H](CO)NC(=O)[C@@H](NC(=O)[C@H](CC(N)=O)NC(=O)[C@@H](NC(=O)CNC(=O)[C@H](CCCCN)NC(=O)[C@@H]1CCCN1C(=O)[C@H](C)NC(=O)[C@H](CO)NC(=O)[C@H](CCC(N)=O)NC(=O)CNC(=O)[C@H](C)NC(=O)[C@H](C)NC(=O)[C@H](CCCCN)NC(=O)[C@@H](NC(=O)[C@H](CCC(=O)O)NC(=O)[C@@H](NC(=O)[C@@H](N)CS)[C@@H](C)O)C(C)C)[C@@H](C)O)C(C)C)C(=O)O. The van der Waals surface area contributed by atoms with Crippen LogP contribution >= 0.6 is 12.6 Å². The molecule has 58 heteroatoms. The fourth-order valence-corrected chi connectivity index (χ4v) is 13.7. The number of rotatable bonds is 67. The van der Waals surface area contributed by atoms with Crippen LogP contribution in [0.3, 0.4) is 0 Å². The van der Waals surface area contributed by atoms with Crippen molar-refractivity contribution in [1.29, 1.82) is 0 Å². The highest BCUT2D eigenvalue weighted by molar-refractivity contribution is 7.80. The number of aliphatic hydroxyl groups is 4. The quantitative estimate of drug-likeness (QED) is 0.0199. The van der Waals surface area contributed by atoms with E-state index in [9.17, 15) is 156 Å². The Morgan fingerprint density at radius 3 is 1.17 bits per heavy atom. The van der Waals surface area contributed by atoms with Crippen LogP contribution in [0.25, 0.3) is 0 Å². The molecule has 1 rings (SSSR count). The van der Waals surface area contributed by atoms with Gasteiger partial charge in [0.05, 0.1) is 57.4 Å². The van der Waals surface area contributed by atoms with Crippen molar-refractivity contribution in [2.24, 2.45) is 46.4 Å². The molecule has 802 valence electrons. The van der Waals surface area contributed by atoms with E-state index in [2.05, 4.69) is 114 Å². The normalized spacial score (nSPS) is 16.5. The Kier molecular flexibility index (Phi) is 57.4. The summed E-state index contributed by atoms with van der Waals surface area (Å²) in [5, 5.41) is 113. The molecule has 0 radical (unpaired) electrons. The lowest BCUT2D eigenvalue weighted by Gasteiger charge is -2.29. The Balaban J connectivity index is 3.20. The molecular weight excluding hydrogens is 1900 g/mol. The largest absolute Gasteiger partial charge is 0.481 e. The van der Waals surface area contributed by atoms with Crippen LogP contribution in [0.15, 0.2) is 0 Å². The van der Waals surface area contributed by atoms with Crippen LogP contribution in [0.1, 0.15) is 179 Å². The molecule has 0 aromatic rings. The van der Waals surface area contributed by atoms with Crippen molar-refractivity contribution >= 4 is 160 Å². The molecule has 0 spiro atoms. The molecule has 1 fully saturated rings. The maximum Gasteiger partial charge on any atom is 0.326 e. The number of nitrogens with one attached hydrogen (secondary N) is 19. The van der Waals surface area contributed by atoms with Gasteiger partial charge < -0.3 is 170 Å². The molecule has 0 aromatic carbocycles. The van der Waals surface area contributed by atoms with E-state index in [-0.39, 0.29) is 76.3 Å². The predicted octanol–water partition coefficient (Wildman–Crippen LogP) is -14.3. The molecule has 0 saturated carbocycles. The molecule has 57 nitrogen and oxygen atoms in total. The molecule has 36 N–H and O–H groups in total. The van der Waals surface area contributed by atoms with Crippen LogP contribution in [0, 0.1) is 17.8 Å². The number of hydrogen-bond donors (Lipinski definition) is 32. The highest BCUT2D eigenvalue weighted by atomic mass is 32.1. The fourth-order valence-electron chi connectivity index (χ4n) is 13.5. The van der Waals surface area contributed by atoms with Crippen LogP contribution in [0.5, 0.6) is 0 Å². The maximum atomic E-state index is 14.1. The molecular formula is C84H143N25O32S. The lowest BCUT2D eigenvalue weighted by Crippen LogP contribution is -2.62. The van der Waals surface area contributed by atoms with Crippen molar-refractivity contribution in [3.05, 3.63) is 0 Å². The summed E-state index contributed by atoms with van der Waals surface area (Å²) in [6.07, 6.45) is -6.67. The molecule has 22 amide bonds. The van der Waals surface area contributed by atoms with Crippen molar-refractivity contribution in [3.63, 3.8) is 0 Å². The zero-order valence-corrected chi connectivity index (χ0v) is 82.1. The molecule has 1 heterocycles. The second kappa shape index (κ2) is 64.3. The summed E-state index contributed by atoms with van der Waals surface area (Å²) in [7, 11) is 0. The number of likely N-dealkylation sites (tertiary alicyclic amines) is 1. The van der Waals surface area contributed by atoms with E-state index in [1.807, 2.05) is 0 Å². The third-order valence-corrected chi connectivity index (χ3v) is 22.0. The molecule has 0 aliphatic carbocycles. The van der Waals surface area contributed by atoms with Gasteiger partial charge in [-0.2, -0.15) is 12.6 Å². The number of thiol groups is 1. The monoisotopic (exact) mass is 2050 g/mol. The molecule has 1 aliphatic heterocycles. The van der Waals surface area contributed by atoms with Gasteiger partial charge in [0.1, 0.15) is 109 Å². The number of carboxylic acids is 3. The predicted molar refractivity (Wildman–Crippen MR) is 500 cm³/mol. The van der Waals surface area contributed by atoms with Gasteiger partial charge in [0.15, 0.2) is 0 Å². The number of amides is 22. The summed E-state index contributed by atoms with van der Waals surface area (Å²) in [6, 6.07) is -30.7. The highest BCUT2D eigenvalue weighted by Gasteiger charge is 2.43. The smallest absolute Gasteiger partial charge is 0.326 e. The molecule has 0 unspecified atom stereocenters. The third-order valence-electron chi connectivity index (χ3n) is 21.6. The van der Waals surface area contributed by atoms with Gasteiger partial charge in [-0.15, -0.1) is 0 Å². The second-order valence-corrected chi connectivity index (χ2v) is 35.4. The number of aliphatic hydroxyl groups excluding tert-OH is 4. The highest BCUT2D eigenvalue weighted by Crippen LogP contribution is 2.21. The number of unbranched alkanes of at least 4 members (excludes halogenated alkanes) is 2.